The Labute approximate surface area is 280 Å². The number of phenolic OH excluding ortho intramolecular Hbond substituents is 1. The molecule has 0 aromatic heterocycles. The molecule has 1 aliphatic rings. The average Bonchev–Trinajstić information content (AvgIpc) is 3.53. The Morgan fingerprint density at radius 2 is 1.74 bits per heavy atom. The van der Waals surface area contributed by atoms with Crippen molar-refractivity contribution in [3.05, 3.63) is 76.3 Å². The van der Waals surface area contributed by atoms with Gasteiger partial charge in [-0.3, -0.25) is 4.99 Å². The van der Waals surface area contributed by atoms with Gasteiger partial charge in [-0.2, -0.15) is 0 Å². The van der Waals surface area contributed by atoms with Gasteiger partial charge in [-0.1, -0.05) is 45.0 Å². The summed E-state index contributed by atoms with van der Waals surface area (Å²) in [6.07, 6.45) is 1.43. The number of nitrogens with one attached hydrogen (secondary N) is 2. The SMILES string of the molecule is CCOc1ccccc1OCCN[C@H](C)Cc1ccc(OC)c(S(N)(=O)=O)c1.Cc1cc(C(C)(C)C)c(O)c(C)c1CC1=NCCN1. The third-order valence-electron chi connectivity index (χ3n) is 7.87. The van der Waals surface area contributed by atoms with Crippen molar-refractivity contribution < 1.29 is 27.7 Å². The van der Waals surface area contributed by atoms with E-state index in [1.54, 1.807) is 12.1 Å². The topological polar surface area (TPSA) is 144 Å². The molecule has 0 aliphatic carbocycles. The predicted molar refractivity (Wildman–Crippen MR) is 189 cm³/mol. The van der Waals surface area contributed by atoms with Gasteiger partial charge in [0.25, 0.3) is 0 Å². The average molecular weight is 669 g/mol. The van der Waals surface area contributed by atoms with E-state index in [0.717, 1.165) is 47.8 Å². The van der Waals surface area contributed by atoms with Crippen LogP contribution in [0.1, 0.15) is 62.4 Å². The second kappa shape index (κ2) is 16.9. The number of amidine groups is 1. The summed E-state index contributed by atoms with van der Waals surface area (Å²) in [6, 6.07) is 14.8. The summed E-state index contributed by atoms with van der Waals surface area (Å²) in [5, 5.41) is 22.4. The van der Waals surface area contributed by atoms with Crippen molar-refractivity contribution in [2.24, 2.45) is 10.1 Å². The van der Waals surface area contributed by atoms with E-state index in [4.69, 9.17) is 19.3 Å². The van der Waals surface area contributed by atoms with Gasteiger partial charge in [-0.25, -0.2) is 13.6 Å². The summed E-state index contributed by atoms with van der Waals surface area (Å²) in [5.74, 6) is 3.16. The first-order valence-corrected chi connectivity index (χ1v) is 17.6. The predicted octanol–water partition coefficient (Wildman–Crippen LogP) is 5.19. The highest BCUT2D eigenvalue weighted by Crippen LogP contribution is 2.36. The van der Waals surface area contributed by atoms with Crippen LogP contribution in [-0.4, -0.2) is 65.4 Å². The van der Waals surface area contributed by atoms with Crippen LogP contribution in [0.4, 0.5) is 0 Å². The van der Waals surface area contributed by atoms with Gasteiger partial charge in [-0.05, 0) is 91.6 Å². The minimum Gasteiger partial charge on any atom is -0.507 e. The second-order valence-electron chi connectivity index (χ2n) is 12.7. The molecule has 5 N–H and O–H groups in total. The molecule has 1 heterocycles. The van der Waals surface area contributed by atoms with Crippen LogP contribution in [0.15, 0.2) is 58.4 Å². The Kier molecular flexibility index (Phi) is 13.5. The lowest BCUT2D eigenvalue weighted by Gasteiger charge is -2.24. The first-order chi connectivity index (χ1) is 22.1. The highest BCUT2D eigenvalue weighted by molar-refractivity contribution is 7.89. The smallest absolute Gasteiger partial charge is 0.241 e. The molecule has 0 bridgehead atoms. The van der Waals surface area contributed by atoms with Crippen LogP contribution in [0.5, 0.6) is 23.0 Å². The number of aromatic hydroxyl groups is 1. The van der Waals surface area contributed by atoms with E-state index in [-0.39, 0.29) is 22.1 Å². The Hall–Kier alpha value is -3.80. The van der Waals surface area contributed by atoms with E-state index >= 15 is 0 Å². The fourth-order valence-electron chi connectivity index (χ4n) is 5.40. The summed E-state index contributed by atoms with van der Waals surface area (Å²) in [4.78, 5) is 4.43. The molecule has 10 nitrogen and oxygen atoms in total. The molecule has 1 aliphatic heterocycles. The lowest BCUT2D eigenvalue weighted by molar-refractivity contribution is 0.272. The monoisotopic (exact) mass is 668 g/mol. The van der Waals surface area contributed by atoms with Gasteiger partial charge in [0, 0.05) is 25.6 Å². The second-order valence-corrected chi connectivity index (χ2v) is 14.2. The molecule has 11 heteroatoms. The molecule has 47 heavy (non-hydrogen) atoms. The number of hydrogen-bond acceptors (Lipinski definition) is 9. The Balaban J connectivity index is 0.000000274. The van der Waals surface area contributed by atoms with Crippen molar-refractivity contribution in [3.8, 4) is 23.0 Å². The van der Waals surface area contributed by atoms with Crippen LogP contribution >= 0.6 is 0 Å². The number of hydrogen-bond donors (Lipinski definition) is 4. The number of phenols is 1. The molecule has 1 atom stereocenters. The zero-order valence-electron chi connectivity index (χ0n) is 29.1. The Morgan fingerprint density at radius 3 is 2.32 bits per heavy atom. The zero-order valence-corrected chi connectivity index (χ0v) is 29.9. The van der Waals surface area contributed by atoms with E-state index in [1.807, 2.05) is 51.1 Å². The maximum absolute atomic E-state index is 11.7. The van der Waals surface area contributed by atoms with Gasteiger partial charge in [0.05, 0.1) is 20.3 Å². The number of primary sulfonamides is 1. The molecule has 0 radical (unpaired) electrons. The number of methoxy groups -OCH3 is 1. The lowest BCUT2D eigenvalue weighted by atomic mass is 9.82. The third-order valence-corrected chi connectivity index (χ3v) is 8.81. The van der Waals surface area contributed by atoms with Crippen molar-refractivity contribution in [1.29, 1.82) is 0 Å². The minimum absolute atomic E-state index is 0.00411. The maximum Gasteiger partial charge on any atom is 0.241 e. The molecule has 258 valence electrons. The van der Waals surface area contributed by atoms with Gasteiger partial charge in [-0.15, -0.1) is 0 Å². The summed E-state index contributed by atoms with van der Waals surface area (Å²) in [6.45, 7) is 18.0. The number of benzene rings is 3. The fourth-order valence-corrected chi connectivity index (χ4v) is 6.14. The lowest BCUT2D eigenvalue weighted by Crippen LogP contribution is -2.32. The number of nitrogens with zero attached hydrogens (tertiary/aromatic N) is 1. The summed E-state index contributed by atoms with van der Waals surface area (Å²) in [7, 11) is -2.43. The quantitative estimate of drug-likeness (QED) is 0.182. The Morgan fingerprint density at radius 1 is 1.06 bits per heavy atom. The molecule has 0 spiro atoms. The molecular formula is C36H52N4O6S. The van der Waals surface area contributed by atoms with Crippen LogP contribution in [0.3, 0.4) is 0 Å². The van der Waals surface area contributed by atoms with Crippen LogP contribution in [-0.2, 0) is 28.3 Å². The first-order valence-electron chi connectivity index (χ1n) is 16.0. The van der Waals surface area contributed by atoms with Crippen LogP contribution in [0.2, 0.25) is 0 Å². The molecule has 0 saturated heterocycles. The summed E-state index contributed by atoms with van der Waals surface area (Å²) in [5.41, 5.74) is 5.25. The highest BCUT2D eigenvalue weighted by atomic mass is 32.2. The molecule has 3 aromatic rings. The molecule has 0 unspecified atom stereocenters. The molecule has 4 rings (SSSR count). The number of ether oxygens (including phenoxy) is 3. The molecule has 0 amide bonds. The largest absolute Gasteiger partial charge is 0.507 e. The number of nitrogens with two attached hydrogens (primary N) is 1. The van der Waals surface area contributed by atoms with Crippen LogP contribution in [0.25, 0.3) is 0 Å². The van der Waals surface area contributed by atoms with E-state index < -0.39 is 10.0 Å². The minimum atomic E-state index is -3.84. The standard InChI is InChI=1S/C20H28N2O5S.C16H24N2O/c1-4-26-17-7-5-6-8-18(17)27-12-11-22-15(2)13-16-9-10-19(25-3)20(14-16)28(21,23)24;1-10-8-13(16(3,4)5)15(19)11(2)12(10)9-14-17-6-7-18-14/h5-10,14-15,22H,4,11-13H2,1-3H3,(H2,21,23,24);8,19H,6-7,9H2,1-5H3,(H,17,18)/t15-;/m1./s1. The van der Waals surface area contributed by atoms with E-state index in [2.05, 4.69) is 49.4 Å². The van der Waals surface area contributed by atoms with Gasteiger partial charge in [0.2, 0.25) is 10.0 Å². The summed E-state index contributed by atoms with van der Waals surface area (Å²) >= 11 is 0. The van der Waals surface area contributed by atoms with Crippen LogP contribution in [0, 0.1) is 13.8 Å². The number of aryl methyl sites for hydroxylation is 1. The molecule has 0 fully saturated rings. The van der Waals surface area contributed by atoms with Crippen molar-refractivity contribution >= 4 is 15.9 Å². The van der Waals surface area contributed by atoms with E-state index in [9.17, 15) is 13.5 Å². The normalized spacial score (nSPS) is 13.6. The maximum atomic E-state index is 11.7. The number of aliphatic imine (C=N–C) groups is 1. The Bertz CT molecular complexity index is 1630. The molecule has 0 saturated carbocycles. The first kappa shape index (κ1) is 37.7. The van der Waals surface area contributed by atoms with Crippen molar-refractivity contribution in [2.75, 3.05) is 40.0 Å². The van der Waals surface area contributed by atoms with Gasteiger partial charge in [0.15, 0.2) is 11.5 Å². The number of para-hydroxylation sites is 2. The van der Waals surface area contributed by atoms with Gasteiger partial charge < -0.3 is 30.0 Å². The fraction of sp³-hybridized carbons (Fsp3) is 0.472. The van der Waals surface area contributed by atoms with Crippen molar-refractivity contribution in [1.82, 2.24) is 10.6 Å². The van der Waals surface area contributed by atoms with Gasteiger partial charge >= 0.3 is 0 Å². The van der Waals surface area contributed by atoms with Crippen molar-refractivity contribution in [2.45, 2.75) is 77.7 Å². The van der Waals surface area contributed by atoms with Gasteiger partial charge in [0.1, 0.15) is 28.8 Å². The molecule has 3 aromatic carbocycles. The number of rotatable bonds is 13. The van der Waals surface area contributed by atoms with E-state index in [0.29, 0.717) is 37.7 Å². The number of sulfonamides is 1. The zero-order chi connectivity index (χ0) is 34.8. The van der Waals surface area contributed by atoms with Crippen molar-refractivity contribution in [3.63, 3.8) is 0 Å². The van der Waals surface area contributed by atoms with E-state index in [1.165, 1.54) is 18.2 Å². The molecular weight excluding hydrogens is 616 g/mol. The third kappa shape index (κ3) is 10.9. The summed E-state index contributed by atoms with van der Waals surface area (Å²) < 4.78 is 39.9. The van der Waals surface area contributed by atoms with Crippen LogP contribution < -0.4 is 30.0 Å². The highest BCUT2D eigenvalue weighted by Gasteiger charge is 2.23.